The molecule has 12 heteroatoms. The quantitative estimate of drug-likeness (QED) is 0.185. The third kappa shape index (κ3) is 1.65. The van der Waals surface area contributed by atoms with E-state index in [2.05, 4.69) is 0 Å². The van der Waals surface area contributed by atoms with E-state index in [1.54, 1.807) is 0 Å². The van der Waals surface area contributed by atoms with Crippen LogP contribution < -0.4 is 68.8 Å². The van der Waals surface area contributed by atoms with Crippen LogP contribution in [0.4, 0.5) is 0 Å². The van der Waals surface area contributed by atoms with E-state index in [9.17, 15) is 0 Å². The molecule has 24 N–H and O–H groups in total. The van der Waals surface area contributed by atoms with Crippen LogP contribution in [0, 0.1) is 0 Å². The van der Waals surface area contributed by atoms with Gasteiger partial charge in [0, 0.05) is 0 Å². The summed E-state index contributed by atoms with van der Waals surface area (Å²) in [7, 11) is 0. The molecular weight excluding hydrogens is 264 g/mol. The maximum atomic E-state index is 5.82. The zero-order chi connectivity index (χ0) is 16.3. The predicted molar refractivity (Wildman–Crippen MR) is 75.2 cm³/mol. The molecule has 0 aromatic carbocycles. The van der Waals surface area contributed by atoms with Crippen LogP contribution in [0.5, 0.6) is 0 Å². The Labute approximate surface area is 115 Å². The summed E-state index contributed by atoms with van der Waals surface area (Å²) in [6.45, 7) is 0. The van der Waals surface area contributed by atoms with Gasteiger partial charge in [0.2, 0.25) is 0 Å². The molecule has 0 aliphatic heterocycles. The summed E-state index contributed by atoms with van der Waals surface area (Å²) in [4.78, 5) is 0. The van der Waals surface area contributed by atoms with Crippen molar-refractivity contribution in [2.45, 2.75) is 22.7 Å². The molecule has 0 fully saturated rings. The highest BCUT2D eigenvalue weighted by atomic mass is 15.2. The van der Waals surface area contributed by atoms with Gasteiger partial charge in [0.05, 0.1) is 22.8 Å². The molecule has 1 aliphatic carbocycles. The third-order valence-corrected chi connectivity index (χ3v) is 3.73. The lowest BCUT2D eigenvalue weighted by molar-refractivity contribution is 0.252. The zero-order valence-electron chi connectivity index (χ0n) is 10.9. The second-order valence-electron chi connectivity index (χ2n) is 5.13. The molecule has 0 amide bonds. The van der Waals surface area contributed by atoms with Crippen LogP contribution in [0.1, 0.15) is 0 Å². The molecule has 0 aromatic rings. The summed E-state index contributed by atoms with van der Waals surface area (Å²) >= 11 is 0. The minimum absolute atomic E-state index is 0.400. The first-order valence-corrected chi connectivity index (χ1v) is 5.46. The van der Waals surface area contributed by atoms with E-state index in [1.165, 1.54) is 0 Å². The van der Waals surface area contributed by atoms with Crippen LogP contribution in [-0.2, 0) is 0 Å². The largest absolute Gasteiger partial charge is 0.398 e. The van der Waals surface area contributed by atoms with Gasteiger partial charge in [-0.15, -0.1) is 0 Å². The van der Waals surface area contributed by atoms with E-state index in [0.29, 0.717) is 0 Å². The minimum atomic E-state index is -2.09. The summed E-state index contributed by atoms with van der Waals surface area (Å²) in [5.74, 6) is 0. The molecule has 12 nitrogen and oxygen atoms in total. The SMILES string of the molecule is NC1=C(N)C(N)(N)C(N)(N)C(N)=C(N)C(N)(N)C1(N)N. The van der Waals surface area contributed by atoms with Crippen LogP contribution in [0.15, 0.2) is 22.8 Å². The van der Waals surface area contributed by atoms with Gasteiger partial charge in [0.1, 0.15) is 22.7 Å². The van der Waals surface area contributed by atoms with Crippen molar-refractivity contribution in [1.29, 1.82) is 0 Å². The van der Waals surface area contributed by atoms with E-state index >= 15 is 0 Å². The molecule has 1 aliphatic rings. The van der Waals surface area contributed by atoms with Crippen molar-refractivity contribution in [3.8, 4) is 0 Å². The maximum absolute atomic E-state index is 5.82. The monoisotopic (exact) mass is 288 g/mol. The Morgan fingerprint density at radius 2 is 0.450 bits per heavy atom. The summed E-state index contributed by atoms with van der Waals surface area (Å²) in [5, 5.41) is 0. The molecule has 116 valence electrons. The van der Waals surface area contributed by atoms with E-state index in [-0.39, 0.29) is 0 Å². The van der Waals surface area contributed by atoms with Crippen molar-refractivity contribution >= 4 is 0 Å². The molecule has 0 aromatic heterocycles. The lowest BCUT2D eigenvalue weighted by atomic mass is 9.77. The Kier molecular flexibility index (Phi) is 3.23. The summed E-state index contributed by atoms with van der Waals surface area (Å²) in [6, 6.07) is 0. The van der Waals surface area contributed by atoms with E-state index in [0.717, 1.165) is 0 Å². The molecule has 1 rings (SSSR count). The maximum Gasteiger partial charge on any atom is 0.144 e. The molecule has 0 saturated carbocycles. The first kappa shape index (κ1) is 16.4. The smallest absolute Gasteiger partial charge is 0.144 e. The first-order valence-electron chi connectivity index (χ1n) is 5.46. The molecule has 0 saturated heterocycles. The molecule has 0 bridgehead atoms. The van der Waals surface area contributed by atoms with Crippen LogP contribution in [-0.4, -0.2) is 22.7 Å². The topological polar surface area (TPSA) is 312 Å². The highest BCUT2D eigenvalue weighted by molar-refractivity contribution is 5.46. The summed E-state index contributed by atoms with van der Waals surface area (Å²) < 4.78 is 0. The summed E-state index contributed by atoms with van der Waals surface area (Å²) in [6.07, 6.45) is 0. The number of hydrogen-bond acceptors (Lipinski definition) is 12. The Morgan fingerprint density at radius 3 is 0.550 bits per heavy atom. The number of rotatable bonds is 0. The van der Waals surface area contributed by atoms with Crippen molar-refractivity contribution in [1.82, 2.24) is 0 Å². The van der Waals surface area contributed by atoms with Gasteiger partial charge in [-0.2, -0.15) is 0 Å². The van der Waals surface area contributed by atoms with Gasteiger partial charge in [-0.3, -0.25) is 0 Å². The molecule has 0 unspecified atom stereocenters. The van der Waals surface area contributed by atoms with Crippen LogP contribution in [0.25, 0.3) is 0 Å². The normalized spacial score (nSPS) is 28.0. The molecule has 0 spiro atoms. The average molecular weight is 288 g/mol. The Morgan fingerprint density at radius 1 is 0.350 bits per heavy atom. The predicted octanol–water partition coefficient (Wildman–Crippen LogP) is -7.29. The van der Waals surface area contributed by atoms with Crippen LogP contribution in [0.2, 0.25) is 0 Å². The van der Waals surface area contributed by atoms with Crippen molar-refractivity contribution in [2.75, 3.05) is 0 Å². The fourth-order valence-electron chi connectivity index (χ4n) is 1.78. The second kappa shape index (κ2) is 3.94. The van der Waals surface area contributed by atoms with Gasteiger partial charge in [-0.1, -0.05) is 0 Å². The van der Waals surface area contributed by atoms with Crippen LogP contribution >= 0.6 is 0 Å². The highest BCUT2D eigenvalue weighted by Crippen LogP contribution is 2.30. The minimum Gasteiger partial charge on any atom is -0.398 e. The van der Waals surface area contributed by atoms with Crippen molar-refractivity contribution in [3.05, 3.63) is 22.8 Å². The lowest BCUT2D eigenvalue weighted by Crippen LogP contribution is -2.86. The number of hydrogen-bond donors (Lipinski definition) is 12. The van der Waals surface area contributed by atoms with Gasteiger partial charge in [-0.05, 0) is 0 Å². The Hall–Kier alpha value is -1.64. The molecule has 20 heavy (non-hydrogen) atoms. The zero-order valence-corrected chi connectivity index (χ0v) is 10.9. The van der Waals surface area contributed by atoms with Crippen molar-refractivity contribution in [2.24, 2.45) is 68.8 Å². The van der Waals surface area contributed by atoms with E-state index in [1.807, 2.05) is 0 Å². The van der Waals surface area contributed by atoms with Gasteiger partial charge in [-0.25, -0.2) is 0 Å². The molecular formula is C8H24N12. The standard InChI is InChI=1S/C8H24N12/c9-1-2(10)6(15,16)8(19,20)4(12)3(11)7(17,18)5(1,13)14/h9-20H2. The van der Waals surface area contributed by atoms with Gasteiger partial charge in [0.15, 0.2) is 0 Å². The first-order chi connectivity index (χ1) is 8.63. The van der Waals surface area contributed by atoms with Gasteiger partial charge < -0.3 is 68.8 Å². The summed E-state index contributed by atoms with van der Waals surface area (Å²) in [5.41, 5.74) is 59.7. The third-order valence-electron chi connectivity index (χ3n) is 3.73. The van der Waals surface area contributed by atoms with Gasteiger partial charge >= 0.3 is 0 Å². The van der Waals surface area contributed by atoms with Crippen molar-refractivity contribution < 1.29 is 0 Å². The van der Waals surface area contributed by atoms with Gasteiger partial charge in [0.25, 0.3) is 0 Å². The van der Waals surface area contributed by atoms with Crippen LogP contribution in [0.3, 0.4) is 0 Å². The fourth-order valence-corrected chi connectivity index (χ4v) is 1.78. The molecule has 0 atom stereocenters. The fraction of sp³-hybridized carbons (Fsp3) is 0.500. The Bertz CT molecular complexity index is 406. The number of nitrogens with two attached hydrogens (primary N) is 12. The van der Waals surface area contributed by atoms with Crippen molar-refractivity contribution in [3.63, 3.8) is 0 Å². The average Bonchev–Trinajstić information content (AvgIpc) is 2.33. The second-order valence-corrected chi connectivity index (χ2v) is 5.13. The van der Waals surface area contributed by atoms with E-state index in [4.69, 9.17) is 68.8 Å². The molecule has 0 radical (unpaired) electrons. The lowest BCUT2D eigenvalue weighted by Gasteiger charge is -2.49. The van der Waals surface area contributed by atoms with E-state index < -0.39 is 45.4 Å². The Balaban J connectivity index is 3.87. The highest BCUT2D eigenvalue weighted by Gasteiger charge is 2.56. The molecule has 0 heterocycles.